The molecular formula is C25H26N2O2. The number of carbonyl (C=O) groups is 2. The van der Waals surface area contributed by atoms with Crippen molar-refractivity contribution in [2.24, 2.45) is 0 Å². The molecule has 1 N–H and O–H groups in total. The number of anilines is 1. The Bertz CT molecular complexity index is 1000. The molecule has 4 rings (SSSR count). The number of nitrogens with zero attached hydrogens (tertiary/aromatic N) is 1. The van der Waals surface area contributed by atoms with E-state index in [1.165, 1.54) is 18.4 Å². The second-order valence-corrected chi connectivity index (χ2v) is 7.62. The zero-order valence-electron chi connectivity index (χ0n) is 16.7. The predicted octanol–water partition coefficient (Wildman–Crippen LogP) is 5.19. The first kappa shape index (κ1) is 19.2. The summed E-state index contributed by atoms with van der Waals surface area (Å²) < 4.78 is 1.99. The van der Waals surface area contributed by atoms with Gasteiger partial charge in [0, 0.05) is 23.5 Å². The molecule has 1 aromatic heterocycles. The molecule has 0 fully saturated rings. The predicted molar refractivity (Wildman–Crippen MR) is 115 cm³/mol. The number of aromatic nitrogens is 1. The molecule has 1 aliphatic heterocycles. The van der Waals surface area contributed by atoms with Gasteiger partial charge < -0.3 is 9.88 Å². The van der Waals surface area contributed by atoms with E-state index < -0.39 is 0 Å². The maximum Gasteiger partial charge on any atom is 0.233 e. The highest BCUT2D eigenvalue weighted by molar-refractivity contribution is 6.08. The lowest BCUT2D eigenvalue weighted by molar-refractivity contribution is -0.117. The van der Waals surface area contributed by atoms with Crippen LogP contribution in [0.2, 0.25) is 0 Å². The molecule has 0 bridgehead atoms. The third-order valence-electron chi connectivity index (χ3n) is 5.64. The summed E-state index contributed by atoms with van der Waals surface area (Å²) in [6.07, 6.45) is 4.13. The minimum Gasteiger partial charge on any atom is -0.341 e. The first-order chi connectivity index (χ1) is 14.2. The minimum atomic E-state index is -0.230. The van der Waals surface area contributed by atoms with Crippen molar-refractivity contribution in [3.8, 4) is 0 Å². The van der Waals surface area contributed by atoms with Crippen LogP contribution < -0.4 is 5.32 Å². The van der Waals surface area contributed by atoms with E-state index in [0.717, 1.165) is 17.8 Å². The third kappa shape index (κ3) is 4.02. The Balaban J connectivity index is 1.46. The molecule has 1 amide bonds. The molecule has 3 aromatic rings. The molecule has 4 nitrogen and oxygen atoms in total. The maximum atomic E-state index is 12.9. The summed E-state index contributed by atoms with van der Waals surface area (Å²) in [5, 5.41) is 3.04. The van der Waals surface area contributed by atoms with Crippen LogP contribution in [0.5, 0.6) is 0 Å². The van der Waals surface area contributed by atoms with Gasteiger partial charge in [-0.3, -0.25) is 9.59 Å². The number of unbranched alkanes of at least 4 members (excludes halogenated alkanes) is 1. The molecular weight excluding hydrogens is 360 g/mol. The van der Waals surface area contributed by atoms with Gasteiger partial charge >= 0.3 is 0 Å². The quantitative estimate of drug-likeness (QED) is 0.568. The Kier molecular flexibility index (Phi) is 5.61. The lowest BCUT2D eigenvalue weighted by Gasteiger charge is -2.11. The molecule has 0 saturated carbocycles. The van der Waals surface area contributed by atoms with Gasteiger partial charge in [-0.25, -0.2) is 0 Å². The summed E-state index contributed by atoms with van der Waals surface area (Å²) in [6.45, 7) is 2.87. The van der Waals surface area contributed by atoms with Crippen LogP contribution in [0.4, 0.5) is 5.69 Å². The van der Waals surface area contributed by atoms with Crippen LogP contribution in [0.3, 0.4) is 0 Å². The monoisotopic (exact) mass is 386 g/mol. The van der Waals surface area contributed by atoms with Gasteiger partial charge in [-0.05, 0) is 49.1 Å². The van der Waals surface area contributed by atoms with Gasteiger partial charge in [0.2, 0.25) is 11.7 Å². The lowest BCUT2D eigenvalue weighted by atomic mass is 10.0. The van der Waals surface area contributed by atoms with Crippen LogP contribution in [-0.2, 0) is 17.8 Å². The molecule has 148 valence electrons. The van der Waals surface area contributed by atoms with Crippen LogP contribution in [0.15, 0.2) is 66.7 Å². The first-order valence-electron chi connectivity index (χ1n) is 10.4. The standard InChI is InChI=1S/C25H26N2O2/c1-2-3-7-18-10-12-20(13-11-18)26-25(29)21-16-17-27-22(21)14-15-23(27)24(28)19-8-5-4-6-9-19/h4-6,8-15,21H,2-3,7,16-17H2,1H3,(H,26,29). The van der Waals surface area contributed by atoms with E-state index in [1.54, 1.807) is 0 Å². The van der Waals surface area contributed by atoms with Crippen molar-refractivity contribution >= 4 is 17.4 Å². The highest BCUT2D eigenvalue weighted by Crippen LogP contribution is 2.32. The number of aryl methyl sites for hydroxylation is 1. The molecule has 4 heteroatoms. The normalized spacial score (nSPS) is 15.1. The Labute approximate surface area is 171 Å². The fourth-order valence-corrected chi connectivity index (χ4v) is 4.01. The molecule has 0 saturated heterocycles. The number of hydrogen-bond donors (Lipinski definition) is 1. The van der Waals surface area contributed by atoms with E-state index in [1.807, 2.05) is 59.2 Å². The molecule has 29 heavy (non-hydrogen) atoms. The molecule has 1 atom stereocenters. The minimum absolute atomic E-state index is 0.000534. The van der Waals surface area contributed by atoms with E-state index in [2.05, 4.69) is 24.4 Å². The number of carbonyl (C=O) groups excluding carboxylic acids is 2. The van der Waals surface area contributed by atoms with Gasteiger partial charge in [0.25, 0.3) is 0 Å². The number of rotatable bonds is 7. The fraction of sp³-hybridized carbons (Fsp3) is 0.280. The van der Waals surface area contributed by atoms with E-state index in [-0.39, 0.29) is 17.6 Å². The van der Waals surface area contributed by atoms with E-state index >= 15 is 0 Å². The highest BCUT2D eigenvalue weighted by atomic mass is 16.2. The van der Waals surface area contributed by atoms with Gasteiger partial charge in [-0.15, -0.1) is 0 Å². The van der Waals surface area contributed by atoms with E-state index in [9.17, 15) is 9.59 Å². The van der Waals surface area contributed by atoms with Crippen molar-refractivity contribution in [2.75, 3.05) is 5.32 Å². The van der Waals surface area contributed by atoms with Crippen molar-refractivity contribution in [1.82, 2.24) is 4.57 Å². The fourth-order valence-electron chi connectivity index (χ4n) is 4.01. The average Bonchev–Trinajstić information content (AvgIpc) is 3.35. The summed E-state index contributed by atoms with van der Waals surface area (Å²) in [5.74, 6) is -0.241. The molecule has 2 heterocycles. The van der Waals surface area contributed by atoms with Crippen molar-refractivity contribution in [3.63, 3.8) is 0 Å². The van der Waals surface area contributed by atoms with Crippen LogP contribution in [-0.4, -0.2) is 16.3 Å². The smallest absolute Gasteiger partial charge is 0.233 e. The second kappa shape index (κ2) is 8.48. The van der Waals surface area contributed by atoms with Gasteiger partial charge in [0.05, 0.1) is 11.6 Å². The summed E-state index contributed by atoms with van der Waals surface area (Å²) in [5.41, 5.74) is 4.36. The number of nitrogens with one attached hydrogen (secondary N) is 1. The lowest BCUT2D eigenvalue weighted by Crippen LogP contribution is -2.19. The topological polar surface area (TPSA) is 51.1 Å². The molecule has 0 spiro atoms. The molecule has 2 aromatic carbocycles. The van der Waals surface area contributed by atoms with Crippen LogP contribution in [0.1, 0.15) is 59.4 Å². The largest absolute Gasteiger partial charge is 0.341 e. The Morgan fingerprint density at radius 2 is 1.76 bits per heavy atom. The zero-order chi connectivity index (χ0) is 20.2. The summed E-state index contributed by atoms with van der Waals surface area (Å²) in [7, 11) is 0. The number of amides is 1. The van der Waals surface area contributed by atoms with Crippen LogP contribution in [0, 0.1) is 0 Å². The number of fused-ring (bicyclic) bond motifs is 1. The van der Waals surface area contributed by atoms with Gasteiger partial charge in [-0.1, -0.05) is 55.8 Å². The summed E-state index contributed by atoms with van der Waals surface area (Å²) in [6, 6.07) is 21.2. The third-order valence-corrected chi connectivity index (χ3v) is 5.64. The van der Waals surface area contributed by atoms with Crippen molar-refractivity contribution < 1.29 is 9.59 Å². The van der Waals surface area contributed by atoms with Gasteiger partial charge in [-0.2, -0.15) is 0 Å². The SMILES string of the molecule is CCCCc1ccc(NC(=O)C2CCn3c(C(=O)c4ccccc4)ccc32)cc1. The van der Waals surface area contributed by atoms with Crippen molar-refractivity contribution in [3.05, 3.63) is 89.2 Å². The number of hydrogen-bond acceptors (Lipinski definition) is 2. The van der Waals surface area contributed by atoms with Gasteiger partial charge in [0.15, 0.2) is 0 Å². The zero-order valence-corrected chi connectivity index (χ0v) is 16.7. The molecule has 1 aliphatic rings. The maximum absolute atomic E-state index is 12.9. The van der Waals surface area contributed by atoms with Crippen molar-refractivity contribution in [2.45, 2.75) is 45.1 Å². The second-order valence-electron chi connectivity index (χ2n) is 7.62. The van der Waals surface area contributed by atoms with Crippen molar-refractivity contribution in [1.29, 1.82) is 0 Å². The average molecular weight is 386 g/mol. The first-order valence-corrected chi connectivity index (χ1v) is 10.4. The Morgan fingerprint density at radius 3 is 2.48 bits per heavy atom. The molecule has 0 aliphatic carbocycles. The van der Waals surface area contributed by atoms with Crippen LogP contribution in [0.25, 0.3) is 0 Å². The summed E-state index contributed by atoms with van der Waals surface area (Å²) >= 11 is 0. The number of ketones is 1. The number of benzene rings is 2. The summed E-state index contributed by atoms with van der Waals surface area (Å²) in [4.78, 5) is 25.7. The molecule has 0 radical (unpaired) electrons. The van der Waals surface area contributed by atoms with E-state index in [0.29, 0.717) is 24.2 Å². The Hall–Kier alpha value is -3.14. The van der Waals surface area contributed by atoms with Gasteiger partial charge in [0.1, 0.15) is 0 Å². The highest BCUT2D eigenvalue weighted by Gasteiger charge is 2.32. The molecule has 1 unspecified atom stereocenters. The Morgan fingerprint density at radius 1 is 1.00 bits per heavy atom. The van der Waals surface area contributed by atoms with E-state index in [4.69, 9.17) is 0 Å². The van der Waals surface area contributed by atoms with Crippen LogP contribution >= 0.6 is 0 Å².